The highest BCUT2D eigenvalue weighted by Crippen LogP contribution is 2.28. The van der Waals surface area contributed by atoms with Gasteiger partial charge in [0.2, 0.25) is 10.0 Å². The first-order chi connectivity index (χ1) is 12.0. The number of sulfonamides is 1. The zero-order chi connectivity index (χ0) is 19.7. The minimum Gasteiger partial charge on any atom is -0.496 e. The van der Waals surface area contributed by atoms with Crippen LogP contribution in [-0.4, -0.2) is 62.6 Å². The van der Waals surface area contributed by atoms with E-state index in [9.17, 15) is 13.2 Å². The zero-order valence-corrected chi connectivity index (χ0v) is 17.1. The molecule has 1 aliphatic heterocycles. The second kappa shape index (κ2) is 7.44. The van der Waals surface area contributed by atoms with Gasteiger partial charge in [0.15, 0.2) is 0 Å². The van der Waals surface area contributed by atoms with Crippen molar-refractivity contribution in [3.05, 3.63) is 23.3 Å². The lowest BCUT2D eigenvalue weighted by atomic mass is 10.1. The summed E-state index contributed by atoms with van der Waals surface area (Å²) in [4.78, 5) is 14.0. The largest absolute Gasteiger partial charge is 0.496 e. The Morgan fingerprint density at radius 1 is 1.04 bits per heavy atom. The van der Waals surface area contributed by atoms with Crippen molar-refractivity contribution in [2.45, 2.75) is 45.1 Å². The molecule has 26 heavy (non-hydrogen) atoms. The van der Waals surface area contributed by atoms with Gasteiger partial charge in [-0.25, -0.2) is 13.2 Å². The molecule has 0 spiro atoms. The molecule has 0 unspecified atom stereocenters. The molecule has 1 saturated heterocycles. The Bertz CT molecular complexity index is 776. The third-order valence-electron chi connectivity index (χ3n) is 4.20. The molecule has 146 valence electrons. The van der Waals surface area contributed by atoms with Crippen LogP contribution in [0.3, 0.4) is 0 Å². The number of hydrogen-bond donors (Lipinski definition) is 0. The fourth-order valence-corrected chi connectivity index (χ4v) is 4.55. The van der Waals surface area contributed by atoms with Gasteiger partial charge in [0.05, 0.1) is 12.0 Å². The highest BCUT2D eigenvalue weighted by atomic mass is 32.2. The molecule has 1 aliphatic rings. The molecule has 2 rings (SSSR count). The Morgan fingerprint density at radius 3 is 2.12 bits per heavy atom. The smallest absolute Gasteiger partial charge is 0.410 e. The van der Waals surface area contributed by atoms with Crippen molar-refractivity contribution in [1.82, 2.24) is 9.21 Å². The second-order valence-corrected chi connectivity index (χ2v) is 9.37. The van der Waals surface area contributed by atoms with Crippen LogP contribution in [0.4, 0.5) is 4.79 Å². The SMILES string of the molecule is COc1cc(C)c(S(=O)(=O)N2CCN(C(=O)OC(C)(C)C)CC2)cc1C. The van der Waals surface area contributed by atoms with Gasteiger partial charge in [-0.3, -0.25) is 0 Å². The van der Waals surface area contributed by atoms with Gasteiger partial charge in [-0.1, -0.05) is 0 Å². The molecule has 8 heteroatoms. The number of aryl methyl sites for hydroxylation is 2. The van der Waals surface area contributed by atoms with Crippen LogP contribution >= 0.6 is 0 Å². The normalized spacial score (nSPS) is 16.5. The van der Waals surface area contributed by atoms with E-state index in [1.165, 1.54) is 4.31 Å². The Hall–Kier alpha value is -1.80. The number of piperazine rings is 1. The minimum atomic E-state index is -3.63. The number of rotatable bonds is 3. The van der Waals surface area contributed by atoms with Gasteiger partial charge in [-0.2, -0.15) is 4.31 Å². The van der Waals surface area contributed by atoms with Gasteiger partial charge in [0.1, 0.15) is 11.4 Å². The van der Waals surface area contributed by atoms with Crippen molar-refractivity contribution in [1.29, 1.82) is 0 Å². The van der Waals surface area contributed by atoms with Gasteiger partial charge in [-0.15, -0.1) is 0 Å². The number of ether oxygens (including phenoxy) is 2. The molecule has 0 bridgehead atoms. The number of methoxy groups -OCH3 is 1. The van der Waals surface area contributed by atoms with Crippen LogP contribution < -0.4 is 4.74 Å². The first-order valence-corrected chi connectivity index (χ1v) is 10.0. The van der Waals surface area contributed by atoms with E-state index in [-0.39, 0.29) is 18.0 Å². The molecular formula is C18H28N2O5S. The number of carbonyl (C=O) groups excluding carboxylic acids is 1. The van der Waals surface area contributed by atoms with E-state index >= 15 is 0 Å². The van der Waals surface area contributed by atoms with E-state index in [1.54, 1.807) is 51.8 Å². The van der Waals surface area contributed by atoms with E-state index in [4.69, 9.17) is 9.47 Å². The van der Waals surface area contributed by atoms with Crippen molar-refractivity contribution >= 4 is 16.1 Å². The molecule has 0 aliphatic carbocycles. The number of carbonyl (C=O) groups is 1. The Kier molecular flexibility index (Phi) is 5.87. The highest BCUT2D eigenvalue weighted by Gasteiger charge is 2.33. The van der Waals surface area contributed by atoms with Crippen molar-refractivity contribution in [3.8, 4) is 5.75 Å². The van der Waals surface area contributed by atoms with Gasteiger partial charge >= 0.3 is 6.09 Å². The summed E-state index contributed by atoms with van der Waals surface area (Å²) in [5.74, 6) is 0.663. The summed E-state index contributed by atoms with van der Waals surface area (Å²) < 4.78 is 38.1. The van der Waals surface area contributed by atoms with Crippen LogP contribution in [0.1, 0.15) is 31.9 Å². The van der Waals surface area contributed by atoms with Crippen LogP contribution in [-0.2, 0) is 14.8 Å². The quantitative estimate of drug-likeness (QED) is 0.800. The summed E-state index contributed by atoms with van der Waals surface area (Å²) in [6.07, 6.45) is -0.411. The Morgan fingerprint density at radius 2 is 1.62 bits per heavy atom. The first kappa shape index (κ1) is 20.5. The fourth-order valence-electron chi connectivity index (χ4n) is 2.84. The van der Waals surface area contributed by atoms with Gasteiger partial charge in [-0.05, 0) is 57.9 Å². The summed E-state index contributed by atoms with van der Waals surface area (Å²) in [6.45, 7) is 10.1. The van der Waals surface area contributed by atoms with Crippen LogP contribution in [0, 0.1) is 13.8 Å². The predicted molar refractivity (Wildman–Crippen MR) is 99.0 cm³/mol. The summed E-state index contributed by atoms with van der Waals surface area (Å²) in [6, 6.07) is 3.38. The van der Waals surface area contributed by atoms with Gasteiger partial charge < -0.3 is 14.4 Å². The summed E-state index contributed by atoms with van der Waals surface area (Å²) >= 11 is 0. The molecule has 1 amide bonds. The molecular weight excluding hydrogens is 356 g/mol. The molecule has 1 fully saturated rings. The van der Waals surface area contributed by atoms with Crippen molar-refractivity contribution < 1.29 is 22.7 Å². The molecule has 0 N–H and O–H groups in total. The van der Waals surface area contributed by atoms with Gasteiger partial charge in [0.25, 0.3) is 0 Å². The van der Waals surface area contributed by atoms with E-state index in [1.807, 2.05) is 6.92 Å². The average molecular weight is 384 g/mol. The fraction of sp³-hybridized carbons (Fsp3) is 0.611. The van der Waals surface area contributed by atoms with Crippen LogP contribution in [0.2, 0.25) is 0 Å². The molecule has 7 nitrogen and oxygen atoms in total. The lowest BCUT2D eigenvalue weighted by molar-refractivity contribution is 0.0192. The molecule has 1 aromatic rings. The number of amides is 1. The van der Waals surface area contributed by atoms with E-state index in [2.05, 4.69) is 0 Å². The third-order valence-corrected chi connectivity index (χ3v) is 6.24. The lowest BCUT2D eigenvalue weighted by Crippen LogP contribution is -2.51. The van der Waals surface area contributed by atoms with Crippen molar-refractivity contribution in [3.63, 3.8) is 0 Å². The summed E-state index contributed by atoms with van der Waals surface area (Å²) in [5.41, 5.74) is 0.837. The summed E-state index contributed by atoms with van der Waals surface area (Å²) in [5, 5.41) is 0. The Labute approximate surface area is 155 Å². The number of benzene rings is 1. The second-order valence-electron chi connectivity index (χ2n) is 7.46. The maximum Gasteiger partial charge on any atom is 0.410 e. The maximum atomic E-state index is 13.0. The third kappa shape index (κ3) is 4.48. The molecule has 0 radical (unpaired) electrons. The number of hydrogen-bond acceptors (Lipinski definition) is 5. The van der Waals surface area contributed by atoms with E-state index in [0.717, 1.165) is 5.56 Å². The monoisotopic (exact) mass is 384 g/mol. The van der Waals surface area contributed by atoms with Crippen molar-refractivity contribution in [2.24, 2.45) is 0 Å². The number of nitrogens with zero attached hydrogens (tertiary/aromatic N) is 2. The van der Waals surface area contributed by atoms with E-state index in [0.29, 0.717) is 24.4 Å². The van der Waals surface area contributed by atoms with Crippen LogP contribution in [0.5, 0.6) is 5.75 Å². The molecule has 1 aromatic carbocycles. The highest BCUT2D eigenvalue weighted by molar-refractivity contribution is 7.89. The molecule has 0 atom stereocenters. The van der Waals surface area contributed by atoms with Crippen LogP contribution in [0.25, 0.3) is 0 Å². The Balaban J connectivity index is 2.13. The lowest BCUT2D eigenvalue weighted by Gasteiger charge is -2.35. The summed E-state index contributed by atoms with van der Waals surface area (Å²) in [7, 11) is -2.06. The molecule has 0 aromatic heterocycles. The molecule has 0 saturated carbocycles. The first-order valence-electron chi connectivity index (χ1n) is 8.59. The predicted octanol–water partition coefficient (Wildman–Crippen LogP) is 2.55. The standard InChI is InChI=1S/C18H28N2O5S/c1-13-12-16(14(2)11-15(13)24-6)26(22,23)20-9-7-19(8-10-20)17(21)25-18(3,4)5/h11-12H,7-10H2,1-6H3. The van der Waals surface area contributed by atoms with Crippen molar-refractivity contribution in [2.75, 3.05) is 33.3 Å². The topological polar surface area (TPSA) is 76.2 Å². The van der Waals surface area contributed by atoms with Gasteiger partial charge in [0, 0.05) is 26.2 Å². The van der Waals surface area contributed by atoms with E-state index < -0.39 is 21.7 Å². The zero-order valence-electron chi connectivity index (χ0n) is 16.3. The molecule has 1 heterocycles. The maximum absolute atomic E-state index is 13.0. The van der Waals surface area contributed by atoms with Crippen LogP contribution in [0.15, 0.2) is 17.0 Å². The average Bonchev–Trinajstić information content (AvgIpc) is 2.55. The minimum absolute atomic E-state index is 0.242.